The van der Waals surface area contributed by atoms with Crippen LogP contribution in [0.1, 0.15) is 284 Å². The number of carbonyl (C=O) groups is 3. The molecule has 0 aliphatic rings. The molecule has 1 atom stereocenters. The van der Waals surface area contributed by atoms with Gasteiger partial charge in [-0.15, -0.1) is 0 Å². The molecule has 0 saturated carbocycles. The van der Waals surface area contributed by atoms with Crippen LogP contribution in [0.3, 0.4) is 0 Å². The van der Waals surface area contributed by atoms with Gasteiger partial charge in [-0.05, 0) is 70.6 Å². The van der Waals surface area contributed by atoms with Crippen LogP contribution in [0, 0.1) is 0 Å². The molecule has 0 rings (SSSR count). The minimum absolute atomic E-state index is 0.0782. The number of ether oxygens (including phenoxy) is 3. The first-order valence-electron chi connectivity index (χ1n) is 26.3. The summed E-state index contributed by atoms with van der Waals surface area (Å²) in [6, 6.07) is 0. The molecule has 0 bridgehead atoms. The van der Waals surface area contributed by atoms with Crippen LogP contribution in [-0.2, 0) is 28.6 Å². The Morgan fingerprint density at radius 1 is 0.317 bits per heavy atom. The molecule has 0 aromatic heterocycles. The molecular weight excluding hydrogens is 745 g/mol. The van der Waals surface area contributed by atoms with Crippen molar-refractivity contribution in [2.75, 3.05) is 13.2 Å². The molecule has 0 aliphatic heterocycles. The monoisotopic (exact) mass is 845 g/mol. The minimum Gasteiger partial charge on any atom is -0.462 e. The molecule has 1 unspecified atom stereocenters. The normalized spacial score (nSPS) is 12.1. The number of hydrogen-bond acceptors (Lipinski definition) is 6. The minimum atomic E-state index is -0.780. The van der Waals surface area contributed by atoms with E-state index in [9.17, 15) is 14.4 Å². The fourth-order valence-electron chi connectivity index (χ4n) is 7.67. The summed E-state index contributed by atoms with van der Waals surface area (Å²) < 4.78 is 16.8. The SMILES string of the molecule is CCCCCCCC/C=C\CCCCCC(=O)OCC(COC(=O)CCCCCCCCCCCCCCCCC)OC(=O)CCCCC/C=C\CCCCCCCCC. The molecule has 0 aliphatic carbocycles. The van der Waals surface area contributed by atoms with E-state index in [0.29, 0.717) is 19.3 Å². The second-order valence-electron chi connectivity index (χ2n) is 17.8. The van der Waals surface area contributed by atoms with Crippen molar-refractivity contribution in [1.82, 2.24) is 0 Å². The Hall–Kier alpha value is -2.11. The molecule has 0 N–H and O–H groups in total. The molecule has 60 heavy (non-hydrogen) atoms. The van der Waals surface area contributed by atoms with Crippen molar-refractivity contribution in [3.63, 3.8) is 0 Å². The van der Waals surface area contributed by atoms with Gasteiger partial charge in [0, 0.05) is 19.3 Å². The standard InChI is InChI=1S/C54H100O6/c1-4-7-10-13-16-19-22-25-27-30-32-35-38-41-44-47-53(56)59-50-51(49-58-52(55)46-43-40-37-34-31-28-24-21-18-15-12-9-6-3)60-54(57)48-45-42-39-36-33-29-26-23-20-17-14-11-8-5-2/h28-29,31,33,51H,4-27,30,32,34-50H2,1-3H3/b31-28-,33-29-. The van der Waals surface area contributed by atoms with E-state index in [-0.39, 0.29) is 31.1 Å². The molecule has 0 radical (unpaired) electrons. The summed E-state index contributed by atoms with van der Waals surface area (Å²) >= 11 is 0. The molecule has 0 heterocycles. The van der Waals surface area contributed by atoms with E-state index in [1.807, 2.05) is 0 Å². The van der Waals surface area contributed by atoms with Crippen molar-refractivity contribution in [2.45, 2.75) is 290 Å². The highest BCUT2D eigenvalue weighted by Crippen LogP contribution is 2.15. The summed E-state index contributed by atoms with van der Waals surface area (Å²) in [5, 5.41) is 0. The van der Waals surface area contributed by atoms with Crippen LogP contribution in [-0.4, -0.2) is 37.2 Å². The van der Waals surface area contributed by atoms with E-state index in [1.54, 1.807) is 0 Å². The van der Waals surface area contributed by atoms with Gasteiger partial charge in [-0.1, -0.05) is 218 Å². The molecule has 6 heteroatoms. The summed E-state index contributed by atoms with van der Waals surface area (Å²) in [5.41, 5.74) is 0. The largest absolute Gasteiger partial charge is 0.462 e. The molecule has 352 valence electrons. The maximum absolute atomic E-state index is 12.8. The Balaban J connectivity index is 4.37. The van der Waals surface area contributed by atoms with Gasteiger partial charge in [-0.3, -0.25) is 14.4 Å². The second-order valence-corrected chi connectivity index (χ2v) is 17.8. The van der Waals surface area contributed by atoms with E-state index in [0.717, 1.165) is 83.5 Å². The van der Waals surface area contributed by atoms with E-state index in [2.05, 4.69) is 45.1 Å². The van der Waals surface area contributed by atoms with Crippen LogP contribution in [0.4, 0.5) is 0 Å². The third kappa shape index (κ3) is 46.9. The molecule has 0 aromatic rings. The van der Waals surface area contributed by atoms with Crippen LogP contribution in [0.25, 0.3) is 0 Å². The van der Waals surface area contributed by atoms with Crippen LogP contribution >= 0.6 is 0 Å². The maximum Gasteiger partial charge on any atom is 0.306 e. The van der Waals surface area contributed by atoms with Gasteiger partial charge >= 0.3 is 17.9 Å². The van der Waals surface area contributed by atoms with E-state index >= 15 is 0 Å². The first kappa shape index (κ1) is 57.9. The topological polar surface area (TPSA) is 78.9 Å². The van der Waals surface area contributed by atoms with Gasteiger partial charge in [0.2, 0.25) is 0 Å². The van der Waals surface area contributed by atoms with Crippen molar-refractivity contribution in [1.29, 1.82) is 0 Å². The number of hydrogen-bond donors (Lipinski definition) is 0. The van der Waals surface area contributed by atoms with Crippen molar-refractivity contribution >= 4 is 17.9 Å². The zero-order valence-corrected chi connectivity index (χ0v) is 40.2. The third-order valence-corrected chi connectivity index (χ3v) is 11.7. The quantitative estimate of drug-likeness (QED) is 0.0263. The lowest BCUT2D eigenvalue weighted by Gasteiger charge is -2.18. The highest BCUT2D eigenvalue weighted by Gasteiger charge is 2.19. The van der Waals surface area contributed by atoms with Crippen LogP contribution in [0.2, 0.25) is 0 Å². The summed E-state index contributed by atoms with van der Waals surface area (Å²) in [5.74, 6) is -0.898. The lowest BCUT2D eigenvalue weighted by Crippen LogP contribution is -2.30. The van der Waals surface area contributed by atoms with Gasteiger partial charge in [-0.25, -0.2) is 0 Å². The number of allylic oxidation sites excluding steroid dienone is 4. The molecule has 0 saturated heterocycles. The average molecular weight is 845 g/mol. The van der Waals surface area contributed by atoms with Crippen LogP contribution in [0.5, 0.6) is 0 Å². The molecule has 0 aromatic carbocycles. The van der Waals surface area contributed by atoms with Crippen molar-refractivity contribution in [3.8, 4) is 0 Å². The number of esters is 3. The first-order chi connectivity index (χ1) is 29.5. The number of unbranched alkanes of at least 4 members (excludes halogenated alkanes) is 33. The molecule has 0 amide bonds. The molecular formula is C54H100O6. The summed E-state index contributed by atoms with van der Waals surface area (Å²) in [7, 11) is 0. The lowest BCUT2D eigenvalue weighted by molar-refractivity contribution is -0.167. The number of rotatable bonds is 48. The lowest BCUT2D eigenvalue weighted by atomic mass is 10.0. The predicted molar refractivity (Wildman–Crippen MR) is 256 cm³/mol. The molecule has 0 spiro atoms. The van der Waals surface area contributed by atoms with E-state index in [4.69, 9.17) is 14.2 Å². The maximum atomic E-state index is 12.8. The van der Waals surface area contributed by atoms with Gasteiger partial charge in [0.15, 0.2) is 6.10 Å². The highest BCUT2D eigenvalue weighted by molar-refractivity contribution is 5.71. The Labute approximate surface area is 373 Å². The van der Waals surface area contributed by atoms with Crippen LogP contribution in [0.15, 0.2) is 24.3 Å². The highest BCUT2D eigenvalue weighted by atomic mass is 16.6. The zero-order valence-electron chi connectivity index (χ0n) is 40.2. The van der Waals surface area contributed by atoms with Crippen LogP contribution < -0.4 is 0 Å². The molecule has 0 fully saturated rings. The van der Waals surface area contributed by atoms with Gasteiger partial charge in [0.25, 0.3) is 0 Å². The number of carbonyl (C=O) groups excluding carboxylic acids is 3. The fourth-order valence-corrected chi connectivity index (χ4v) is 7.67. The second kappa shape index (κ2) is 49.5. The van der Waals surface area contributed by atoms with Crippen molar-refractivity contribution in [2.24, 2.45) is 0 Å². The van der Waals surface area contributed by atoms with E-state index < -0.39 is 6.10 Å². The Morgan fingerprint density at radius 3 is 0.850 bits per heavy atom. The summed E-state index contributed by atoms with van der Waals surface area (Å²) in [6.07, 6.45) is 55.9. The third-order valence-electron chi connectivity index (χ3n) is 11.7. The summed E-state index contributed by atoms with van der Waals surface area (Å²) in [4.78, 5) is 37.9. The summed E-state index contributed by atoms with van der Waals surface area (Å²) in [6.45, 7) is 6.63. The molecule has 6 nitrogen and oxygen atoms in total. The average Bonchev–Trinajstić information content (AvgIpc) is 3.24. The van der Waals surface area contributed by atoms with Crippen molar-refractivity contribution in [3.05, 3.63) is 24.3 Å². The zero-order chi connectivity index (χ0) is 43.7. The van der Waals surface area contributed by atoms with Gasteiger partial charge in [0.1, 0.15) is 13.2 Å². The van der Waals surface area contributed by atoms with Gasteiger partial charge in [0.05, 0.1) is 0 Å². The Bertz CT molecular complexity index is 973. The predicted octanol–water partition coefficient (Wildman–Crippen LogP) is 17.2. The van der Waals surface area contributed by atoms with E-state index in [1.165, 1.54) is 161 Å². The van der Waals surface area contributed by atoms with Crippen molar-refractivity contribution < 1.29 is 28.6 Å². The van der Waals surface area contributed by atoms with Gasteiger partial charge in [-0.2, -0.15) is 0 Å². The Morgan fingerprint density at radius 2 is 0.550 bits per heavy atom. The smallest absolute Gasteiger partial charge is 0.306 e. The van der Waals surface area contributed by atoms with Gasteiger partial charge < -0.3 is 14.2 Å². The fraction of sp³-hybridized carbons (Fsp3) is 0.870. The Kier molecular flexibility index (Phi) is 47.8. The first-order valence-corrected chi connectivity index (χ1v) is 26.3.